The molecule has 5 heteroatoms. The van der Waals surface area contributed by atoms with Crippen molar-refractivity contribution in [3.05, 3.63) is 22.6 Å². The van der Waals surface area contributed by atoms with Crippen LogP contribution in [-0.2, 0) is 4.79 Å². The number of halogens is 1. The minimum atomic E-state index is -0.0218. The monoisotopic (exact) mass is 339 g/mol. The van der Waals surface area contributed by atoms with E-state index in [2.05, 4.69) is 15.9 Å². The first kappa shape index (κ1) is 13.9. The predicted octanol–water partition coefficient (Wildman–Crippen LogP) is 3.41. The van der Waals surface area contributed by atoms with Crippen LogP contribution in [-0.4, -0.2) is 29.2 Å². The summed E-state index contributed by atoms with van der Waals surface area (Å²) >= 11 is 3.26. The van der Waals surface area contributed by atoms with Gasteiger partial charge in [-0.05, 0) is 47.7 Å². The third kappa shape index (κ3) is 2.43. The normalized spacial score (nSPS) is 27.1. The van der Waals surface area contributed by atoms with Crippen molar-refractivity contribution in [3.63, 3.8) is 0 Å². The second kappa shape index (κ2) is 5.72. The van der Waals surface area contributed by atoms with Gasteiger partial charge in [0.15, 0.2) is 4.67 Å². The Labute approximate surface area is 126 Å². The van der Waals surface area contributed by atoms with Crippen LogP contribution in [0.15, 0.2) is 21.4 Å². The van der Waals surface area contributed by atoms with E-state index in [0.29, 0.717) is 22.4 Å². The molecule has 108 valence electrons. The molecule has 2 aliphatic rings. The van der Waals surface area contributed by atoms with Gasteiger partial charge < -0.3 is 9.32 Å². The van der Waals surface area contributed by atoms with Gasteiger partial charge in [-0.2, -0.15) is 0 Å². The first-order chi connectivity index (χ1) is 9.68. The van der Waals surface area contributed by atoms with Gasteiger partial charge in [0.25, 0.3) is 5.91 Å². The van der Waals surface area contributed by atoms with E-state index in [1.807, 2.05) is 4.90 Å². The summed E-state index contributed by atoms with van der Waals surface area (Å²) in [5.74, 6) is 0.361. The van der Waals surface area contributed by atoms with Crippen LogP contribution < -0.4 is 0 Å². The predicted molar refractivity (Wildman–Crippen MR) is 77.4 cm³/mol. The van der Waals surface area contributed by atoms with Crippen LogP contribution in [0.25, 0.3) is 0 Å². The molecule has 0 radical (unpaired) electrons. The van der Waals surface area contributed by atoms with Crippen LogP contribution in [0.2, 0.25) is 0 Å². The van der Waals surface area contributed by atoms with Crippen molar-refractivity contribution in [1.29, 1.82) is 0 Å². The molecule has 20 heavy (non-hydrogen) atoms. The molecule has 4 nitrogen and oxygen atoms in total. The fourth-order valence-electron chi connectivity index (χ4n) is 3.48. The molecule has 2 unspecified atom stereocenters. The highest BCUT2D eigenvalue weighted by Crippen LogP contribution is 2.34. The summed E-state index contributed by atoms with van der Waals surface area (Å²) in [5.41, 5.74) is 0.556. The number of ketones is 1. The molecule has 1 aliphatic heterocycles. The van der Waals surface area contributed by atoms with E-state index < -0.39 is 0 Å². The quantitative estimate of drug-likeness (QED) is 0.829. The van der Waals surface area contributed by atoms with Crippen molar-refractivity contribution in [2.45, 2.75) is 44.6 Å². The van der Waals surface area contributed by atoms with E-state index in [4.69, 9.17) is 4.42 Å². The molecule has 1 aromatic rings. The molecule has 0 bridgehead atoms. The van der Waals surface area contributed by atoms with Crippen LogP contribution in [0, 0.1) is 5.92 Å². The molecule has 0 spiro atoms. The molecule has 1 saturated carbocycles. The number of Topliss-reactive ketones (excluding diaryl/α,β-unsaturated/α-hetero) is 1. The Morgan fingerprint density at radius 1 is 1.30 bits per heavy atom. The fourth-order valence-corrected chi connectivity index (χ4v) is 3.89. The third-order valence-corrected chi connectivity index (χ3v) is 5.09. The maximum atomic E-state index is 12.6. The average Bonchev–Trinajstić information content (AvgIpc) is 3.07. The lowest BCUT2D eigenvalue weighted by atomic mass is 9.81. The van der Waals surface area contributed by atoms with Gasteiger partial charge in [0.2, 0.25) is 0 Å². The SMILES string of the molecule is O=C1CCCCC1C1CCCN1C(=O)c1ccoc1Br. The van der Waals surface area contributed by atoms with Gasteiger partial charge >= 0.3 is 0 Å². The van der Waals surface area contributed by atoms with Crippen molar-refractivity contribution in [2.24, 2.45) is 5.92 Å². The number of hydrogen-bond acceptors (Lipinski definition) is 3. The lowest BCUT2D eigenvalue weighted by molar-refractivity contribution is -0.126. The number of nitrogens with zero attached hydrogens (tertiary/aromatic N) is 1. The lowest BCUT2D eigenvalue weighted by Crippen LogP contribution is -2.43. The van der Waals surface area contributed by atoms with Gasteiger partial charge in [0.1, 0.15) is 5.78 Å². The van der Waals surface area contributed by atoms with E-state index >= 15 is 0 Å². The summed E-state index contributed by atoms with van der Waals surface area (Å²) < 4.78 is 5.62. The summed E-state index contributed by atoms with van der Waals surface area (Å²) in [6.45, 7) is 0.741. The Hall–Kier alpha value is -1.10. The molecule has 2 heterocycles. The van der Waals surface area contributed by atoms with Gasteiger partial charge in [-0.1, -0.05) is 6.42 Å². The fraction of sp³-hybridized carbons (Fsp3) is 0.600. The zero-order chi connectivity index (χ0) is 14.1. The Kier molecular flexibility index (Phi) is 3.96. The first-order valence-corrected chi connectivity index (χ1v) is 8.04. The molecule has 1 amide bonds. The molecular formula is C15H18BrNO3. The third-order valence-electron chi connectivity index (χ3n) is 4.47. The highest BCUT2D eigenvalue weighted by molar-refractivity contribution is 9.10. The Morgan fingerprint density at radius 2 is 2.15 bits per heavy atom. The summed E-state index contributed by atoms with van der Waals surface area (Å²) in [6.07, 6.45) is 7.15. The van der Waals surface area contributed by atoms with Crippen LogP contribution in [0.5, 0.6) is 0 Å². The number of furan rings is 1. The van der Waals surface area contributed by atoms with Gasteiger partial charge in [0.05, 0.1) is 11.8 Å². The molecule has 1 saturated heterocycles. The Morgan fingerprint density at radius 3 is 2.85 bits per heavy atom. The number of carbonyl (C=O) groups excluding carboxylic acids is 2. The summed E-state index contributed by atoms with van der Waals surface area (Å²) in [7, 11) is 0. The van der Waals surface area contributed by atoms with Crippen molar-refractivity contribution in [2.75, 3.05) is 6.54 Å². The number of hydrogen-bond donors (Lipinski definition) is 0. The second-order valence-corrected chi connectivity index (χ2v) is 6.35. The maximum Gasteiger partial charge on any atom is 0.258 e. The van der Waals surface area contributed by atoms with Crippen LogP contribution in [0.1, 0.15) is 48.9 Å². The van der Waals surface area contributed by atoms with Gasteiger partial charge in [0, 0.05) is 24.9 Å². The van der Waals surface area contributed by atoms with E-state index in [9.17, 15) is 9.59 Å². The van der Waals surface area contributed by atoms with Gasteiger partial charge in [-0.3, -0.25) is 9.59 Å². The van der Waals surface area contributed by atoms with Crippen LogP contribution in [0.4, 0.5) is 0 Å². The lowest BCUT2D eigenvalue weighted by Gasteiger charge is -2.32. The van der Waals surface area contributed by atoms with Crippen molar-refractivity contribution in [1.82, 2.24) is 4.90 Å². The zero-order valence-corrected chi connectivity index (χ0v) is 12.9. The number of amides is 1. The molecule has 1 aliphatic carbocycles. The molecule has 2 fully saturated rings. The molecule has 3 rings (SSSR count). The highest BCUT2D eigenvalue weighted by atomic mass is 79.9. The molecule has 1 aromatic heterocycles. The van der Waals surface area contributed by atoms with E-state index in [-0.39, 0.29) is 17.9 Å². The topological polar surface area (TPSA) is 50.5 Å². The van der Waals surface area contributed by atoms with Gasteiger partial charge in [-0.25, -0.2) is 0 Å². The molecule has 0 N–H and O–H groups in total. The van der Waals surface area contributed by atoms with E-state index in [0.717, 1.165) is 38.6 Å². The highest BCUT2D eigenvalue weighted by Gasteiger charge is 2.39. The number of likely N-dealkylation sites (tertiary alicyclic amines) is 1. The van der Waals surface area contributed by atoms with Crippen molar-refractivity contribution < 1.29 is 14.0 Å². The summed E-state index contributed by atoms with van der Waals surface area (Å²) in [5, 5.41) is 0. The standard InChI is InChI=1S/C15H18BrNO3/c16-14-11(7-9-20-14)15(19)17-8-3-5-12(17)10-4-1-2-6-13(10)18/h7,9-10,12H,1-6,8H2. The minimum absolute atomic E-state index is 0.0218. The van der Waals surface area contributed by atoms with Crippen molar-refractivity contribution >= 4 is 27.6 Å². The van der Waals surface area contributed by atoms with Crippen LogP contribution >= 0.6 is 15.9 Å². The summed E-state index contributed by atoms with van der Waals surface area (Å²) in [4.78, 5) is 26.6. The molecule has 0 aromatic carbocycles. The zero-order valence-electron chi connectivity index (χ0n) is 11.3. The van der Waals surface area contributed by atoms with E-state index in [1.165, 1.54) is 6.26 Å². The molecular weight excluding hydrogens is 322 g/mol. The smallest absolute Gasteiger partial charge is 0.258 e. The minimum Gasteiger partial charge on any atom is -0.457 e. The Bertz CT molecular complexity index is 525. The maximum absolute atomic E-state index is 12.6. The summed E-state index contributed by atoms with van der Waals surface area (Å²) in [6, 6.07) is 1.77. The number of rotatable bonds is 2. The first-order valence-electron chi connectivity index (χ1n) is 7.25. The average molecular weight is 340 g/mol. The largest absolute Gasteiger partial charge is 0.457 e. The van der Waals surface area contributed by atoms with Gasteiger partial charge in [-0.15, -0.1) is 0 Å². The van der Waals surface area contributed by atoms with E-state index in [1.54, 1.807) is 6.07 Å². The molecule has 2 atom stereocenters. The Balaban J connectivity index is 1.80. The van der Waals surface area contributed by atoms with Crippen LogP contribution in [0.3, 0.4) is 0 Å². The second-order valence-electron chi connectivity index (χ2n) is 5.63. The number of carbonyl (C=O) groups is 2. The van der Waals surface area contributed by atoms with Crippen molar-refractivity contribution in [3.8, 4) is 0 Å².